The van der Waals surface area contributed by atoms with Gasteiger partial charge in [0.2, 0.25) is 0 Å². The lowest BCUT2D eigenvalue weighted by atomic mass is 10.3. The van der Waals surface area contributed by atoms with Gasteiger partial charge in [-0.05, 0) is 44.5 Å². The monoisotopic (exact) mass is 282 g/mol. The van der Waals surface area contributed by atoms with E-state index >= 15 is 0 Å². The van der Waals surface area contributed by atoms with Crippen LogP contribution in [0.1, 0.15) is 30.6 Å². The van der Waals surface area contributed by atoms with Gasteiger partial charge in [-0.15, -0.1) is 0 Å². The number of fused-ring (bicyclic) bond motifs is 1. The van der Waals surface area contributed by atoms with E-state index in [1.54, 1.807) is 0 Å². The molecular weight excluding hydrogens is 260 g/mol. The number of benzene rings is 1. The Kier molecular flexibility index (Phi) is 3.69. The zero-order chi connectivity index (χ0) is 14.8. The van der Waals surface area contributed by atoms with Gasteiger partial charge in [0.05, 0.1) is 17.6 Å². The average molecular weight is 282 g/mol. The maximum Gasteiger partial charge on any atom is 0.130 e. The topological polar surface area (TPSA) is 34.8 Å². The van der Waals surface area contributed by atoms with Crippen molar-refractivity contribution >= 4 is 11.0 Å². The molecule has 0 spiro atoms. The molecule has 3 rings (SSSR count). The SMILES string of the molecule is CCCn1c(CNn2c(C)ccc2C)nc2ccccc21. The number of nitrogens with zero attached hydrogens (tertiary/aromatic N) is 3. The summed E-state index contributed by atoms with van der Waals surface area (Å²) in [6, 6.07) is 12.6. The van der Waals surface area contributed by atoms with Crippen LogP contribution < -0.4 is 5.43 Å². The molecule has 0 saturated carbocycles. The van der Waals surface area contributed by atoms with Gasteiger partial charge in [-0.2, -0.15) is 0 Å². The van der Waals surface area contributed by atoms with Gasteiger partial charge in [0.25, 0.3) is 0 Å². The fraction of sp³-hybridized carbons (Fsp3) is 0.353. The fourth-order valence-electron chi connectivity index (χ4n) is 2.80. The normalized spacial score (nSPS) is 11.2. The van der Waals surface area contributed by atoms with E-state index in [0.717, 1.165) is 30.9 Å². The number of rotatable bonds is 5. The maximum atomic E-state index is 4.78. The lowest BCUT2D eigenvalue weighted by Crippen LogP contribution is -2.19. The van der Waals surface area contributed by atoms with E-state index in [0.29, 0.717) is 0 Å². The number of hydrogen-bond acceptors (Lipinski definition) is 2. The molecule has 0 aliphatic carbocycles. The first kappa shape index (κ1) is 13.7. The Morgan fingerprint density at radius 3 is 2.48 bits per heavy atom. The Labute approximate surface area is 125 Å². The van der Waals surface area contributed by atoms with Gasteiger partial charge < -0.3 is 9.99 Å². The number of nitrogens with one attached hydrogen (secondary N) is 1. The first-order chi connectivity index (χ1) is 10.2. The number of aryl methyl sites for hydroxylation is 3. The maximum absolute atomic E-state index is 4.78. The zero-order valence-corrected chi connectivity index (χ0v) is 12.9. The van der Waals surface area contributed by atoms with Crippen LogP contribution in [0.25, 0.3) is 11.0 Å². The van der Waals surface area contributed by atoms with Crippen molar-refractivity contribution in [3.63, 3.8) is 0 Å². The first-order valence-electron chi connectivity index (χ1n) is 7.53. The van der Waals surface area contributed by atoms with E-state index in [2.05, 4.69) is 65.8 Å². The van der Waals surface area contributed by atoms with Crippen LogP contribution in [0.15, 0.2) is 36.4 Å². The molecule has 4 nitrogen and oxygen atoms in total. The van der Waals surface area contributed by atoms with E-state index in [1.807, 2.05) is 6.07 Å². The van der Waals surface area contributed by atoms with Crippen molar-refractivity contribution in [2.45, 2.75) is 40.3 Å². The van der Waals surface area contributed by atoms with E-state index in [-0.39, 0.29) is 0 Å². The molecule has 1 aromatic carbocycles. The molecule has 0 aliphatic rings. The van der Waals surface area contributed by atoms with Gasteiger partial charge >= 0.3 is 0 Å². The van der Waals surface area contributed by atoms with Gasteiger partial charge in [0, 0.05) is 17.9 Å². The molecule has 0 aliphatic heterocycles. The Morgan fingerprint density at radius 1 is 1.05 bits per heavy atom. The molecule has 0 fully saturated rings. The summed E-state index contributed by atoms with van der Waals surface area (Å²) in [5, 5.41) is 0. The molecule has 0 amide bonds. The van der Waals surface area contributed by atoms with Crippen molar-refractivity contribution in [1.29, 1.82) is 0 Å². The van der Waals surface area contributed by atoms with Gasteiger partial charge in [0.1, 0.15) is 5.82 Å². The van der Waals surface area contributed by atoms with Gasteiger partial charge in [0.15, 0.2) is 0 Å². The zero-order valence-electron chi connectivity index (χ0n) is 12.9. The summed E-state index contributed by atoms with van der Waals surface area (Å²) in [4.78, 5) is 4.78. The lowest BCUT2D eigenvalue weighted by Gasteiger charge is -2.13. The highest BCUT2D eigenvalue weighted by Crippen LogP contribution is 2.17. The molecule has 2 heterocycles. The number of hydrogen-bond donors (Lipinski definition) is 1. The minimum absolute atomic E-state index is 0.727. The highest BCUT2D eigenvalue weighted by atomic mass is 15.4. The van der Waals surface area contributed by atoms with Crippen molar-refractivity contribution in [2.75, 3.05) is 5.43 Å². The molecule has 0 unspecified atom stereocenters. The highest BCUT2D eigenvalue weighted by Gasteiger charge is 2.10. The first-order valence-corrected chi connectivity index (χ1v) is 7.53. The van der Waals surface area contributed by atoms with E-state index in [1.165, 1.54) is 16.9 Å². The quantitative estimate of drug-likeness (QED) is 0.776. The van der Waals surface area contributed by atoms with E-state index < -0.39 is 0 Å². The summed E-state index contributed by atoms with van der Waals surface area (Å²) in [6.07, 6.45) is 1.11. The Morgan fingerprint density at radius 2 is 1.76 bits per heavy atom. The Hall–Kier alpha value is -2.23. The highest BCUT2D eigenvalue weighted by molar-refractivity contribution is 5.75. The van der Waals surface area contributed by atoms with Crippen molar-refractivity contribution in [3.8, 4) is 0 Å². The van der Waals surface area contributed by atoms with E-state index in [9.17, 15) is 0 Å². The van der Waals surface area contributed by atoms with Crippen molar-refractivity contribution in [2.24, 2.45) is 0 Å². The number of aromatic nitrogens is 3. The van der Waals surface area contributed by atoms with Crippen LogP contribution in [0.4, 0.5) is 0 Å². The largest absolute Gasteiger partial charge is 0.326 e. The molecule has 4 heteroatoms. The van der Waals surface area contributed by atoms with E-state index in [4.69, 9.17) is 4.98 Å². The molecule has 2 aromatic heterocycles. The second-order valence-electron chi connectivity index (χ2n) is 5.45. The minimum Gasteiger partial charge on any atom is -0.326 e. The summed E-state index contributed by atoms with van der Waals surface area (Å²) < 4.78 is 4.44. The number of para-hydroxylation sites is 2. The van der Waals surface area contributed by atoms with Crippen molar-refractivity contribution in [1.82, 2.24) is 14.2 Å². The van der Waals surface area contributed by atoms with Crippen LogP contribution in [0.2, 0.25) is 0 Å². The summed E-state index contributed by atoms with van der Waals surface area (Å²) in [5.41, 5.74) is 8.19. The van der Waals surface area contributed by atoms with Crippen molar-refractivity contribution < 1.29 is 0 Å². The summed E-state index contributed by atoms with van der Waals surface area (Å²) in [7, 11) is 0. The fourth-order valence-corrected chi connectivity index (χ4v) is 2.80. The molecule has 3 aromatic rings. The van der Waals surface area contributed by atoms with Crippen LogP contribution >= 0.6 is 0 Å². The molecule has 0 atom stereocenters. The standard InChI is InChI=1S/C17H22N4/c1-4-11-20-16-8-6-5-7-15(16)19-17(20)12-18-21-13(2)9-10-14(21)3/h5-10,18H,4,11-12H2,1-3H3. The molecule has 1 N–H and O–H groups in total. The molecule has 0 bridgehead atoms. The van der Waals surface area contributed by atoms with Crippen LogP contribution in [-0.4, -0.2) is 14.2 Å². The lowest BCUT2D eigenvalue weighted by molar-refractivity contribution is 0.644. The number of imidazole rings is 1. The average Bonchev–Trinajstić information content (AvgIpc) is 2.99. The smallest absolute Gasteiger partial charge is 0.130 e. The molecule has 110 valence electrons. The van der Waals surface area contributed by atoms with Crippen LogP contribution in [0.3, 0.4) is 0 Å². The molecule has 21 heavy (non-hydrogen) atoms. The predicted octanol–water partition coefficient (Wildman–Crippen LogP) is 3.61. The predicted molar refractivity (Wildman–Crippen MR) is 87.0 cm³/mol. The molecular formula is C17H22N4. The third-order valence-electron chi connectivity index (χ3n) is 3.85. The second kappa shape index (κ2) is 5.64. The van der Waals surface area contributed by atoms with Crippen LogP contribution in [-0.2, 0) is 13.1 Å². The van der Waals surface area contributed by atoms with Crippen LogP contribution in [0.5, 0.6) is 0 Å². The van der Waals surface area contributed by atoms with Gasteiger partial charge in [-0.3, -0.25) is 4.68 Å². The molecule has 0 radical (unpaired) electrons. The Balaban J connectivity index is 1.91. The summed E-state index contributed by atoms with van der Waals surface area (Å²) >= 11 is 0. The summed E-state index contributed by atoms with van der Waals surface area (Å²) in [6.45, 7) is 8.14. The summed E-state index contributed by atoms with van der Waals surface area (Å²) in [5.74, 6) is 1.09. The third-order valence-corrected chi connectivity index (χ3v) is 3.85. The van der Waals surface area contributed by atoms with Gasteiger partial charge in [-0.1, -0.05) is 19.1 Å². The van der Waals surface area contributed by atoms with Crippen molar-refractivity contribution in [3.05, 3.63) is 53.6 Å². The Bertz CT molecular complexity index is 732. The van der Waals surface area contributed by atoms with Gasteiger partial charge in [-0.25, -0.2) is 4.98 Å². The second-order valence-corrected chi connectivity index (χ2v) is 5.45. The van der Waals surface area contributed by atoms with Crippen LogP contribution in [0, 0.1) is 13.8 Å². The third kappa shape index (κ3) is 2.53. The molecule has 0 saturated heterocycles. The minimum atomic E-state index is 0.727.